The van der Waals surface area contributed by atoms with Gasteiger partial charge >= 0.3 is 0 Å². The van der Waals surface area contributed by atoms with E-state index in [9.17, 15) is 10.5 Å². The largest absolute Gasteiger partial charge is 0.309 e. The Bertz CT molecular complexity index is 3990. The number of benzene rings is 9. The first kappa shape index (κ1) is 34.5. The summed E-state index contributed by atoms with van der Waals surface area (Å²) in [4.78, 5) is 0. The summed E-state index contributed by atoms with van der Waals surface area (Å²) in [6.07, 6.45) is 0. The Morgan fingerprint density at radius 2 is 0.984 bits per heavy atom. The molecule has 0 radical (unpaired) electrons. The molecule has 5 heteroatoms. The van der Waals surface area contributed by atoms with E-state index in [4.69, 9.17) is 0 Å². The third-order valence-corrected chi connectivity index (χ3v) is 13.7. The number of nitrogens with zero attached hydrogens (tertiary/aromatic N) is 5. The highest BCUT2D eigenvalue weighted by atomic mass is 15.0. The zero-order chi connectivity index (χ0) is 41.4. The van der Waals surface area contributed by atoms with Gasteiger partial charge in [-0.3, -0.25) is 0 Å². The summed E-state index contributed by atoms with van der Waals surface area (Å²) in [5.41, 5.74) is 14.3. The lowest BCUT2D eigenvalue weighted by molar-refractivity contribution is 0.661. The van der Waals surface area contributed by atoms with Crippen LogP contribution < -0.4 is 0 Å². The minimum atomic E-state index is -0.240. The molecule has 0 atom stereocenters. The van der Waals surface area contributed by atoms with E-state index in [0.29, 0.717) is 22.5 Å². The van der Waals surface area contributed by atoms with Crippen LogP contribution in [0, 0.1) is 22.7 Å². The van der Waals surface area contributed by atoms with Crippen LogP contribution in [0.2, 0.25) is 0 Å². The first-order valence-electron chi connectivity index (χ1n) is 21.1. The van der Waals surface area contributed by atoms with Gasteiger partial charge < -0.3 is 13.7 Å². The number of fused-ring (bicyclic) bond motifs is 15. The van der Waals surface area contributed by atoms with Crippen molar-refractivity contribution in [3.63, 3.8) is 0 Å². The maximum Gasteiger partial charge on any atom is 0.101 e. The lowest BCUT2D eigenvalue weighted by Crippen LogP contribution is -2.14. The number of rotatable bonds is 3. The summed E-state index contributed by atoms with van der Waals surface area (Å²) in [7, 11) is 0. The molecule has 0 saturated heterocycles. The van der Waals surface area contributed by atoms with E-state index in [1.165, 1.54) is 33.0 Å². The molecular formula is C57H35N5. The molecule has 0 spiro atoms. The Labute approximate surface area is 356 Å². The maximum atomic E-state index is 11.3. The fourth-order valence-corrected chi connectivity index (χ4v) is 11.0. The lowest BCUT2D eigenvalue weighted by Gasteiger charge is -2.21. The molecule has 5 nitrogen and oxygen atoms in total. The highest BCUT2D eigenvalue weighted by Gasteiger charge is 2.38. The molecule has 0 bridgehead atoms. The summed E-state index contributed by atoms with van der Waals surface area (Å²) in [5, 5.41) is 31.5. The van der Waals surface area contributed by atoms with E-state index in [1.807, 2.05) is 18.2 Å². The minimum absolute atomic E-state index is 0.240. The van der Waals surface area contributed by atoms with Crippen LogP contribution in [0.15, 0.2) is 176 Å². The van der Waals surface area contributed by atoms with Crippen LogP contribution in [0.25, 0.3) is 104 Å². The van der Waals surface area contributed by atoms with Gasteiger partial charge in [0, 0.05) is 49.0 Å². The Morgan fingerprint density at radius 3 is 1.69 bits per heavy atom. The van der Waals surface area contributed by atoms with Crippen LogP contribution in [0.1, 0.15) is 36.1 Å². The van der Waals surface area contributed by atoms with Crippen molar-refractivity contribution in [1.29, 1.82) is 10.5 Å². The first-order chi connectivity index (χ1) is 30.5. The van der Waals surface area contributed by atoms with Gasteiger partial charge in [0.05, 0.1) is 55.6 Å². The van der Waals surface area contributed by atoms with Gasteiger partial charge in [-0.2, -0.15) is 10.5 Å². The third-order valence-electron chi connectivity index (χ3n) is 13.7. The SMILES string of the molecule is CC1(C)c2ccccc2-c2c1ccc1c3cc(-n4c5ccccc5c5ccccc54)ccc3n(-c3cc(C#N)c(-n4c5ccccc5c5c6ccccc6ccc54)cc3C#N)c21. The lowest BCUT2D eigenvalue weighted by atomic mass is 9.82. The zero-order valence-corrected chi connectivity index (χ0v) is 34.0. The van der Waals surface area contributed by atoms with E-state index in [1.54, 1.807) is 0 Å². The maximum absolute atomic E-state index is 11.3. The second-order valence-corrected chi connectivity index (χ2v) is 17.1. The summed E-state index contributed by atoms with van der Waals surface area (Å²) in [5.74, 6) is 0. The molecule has 0 saturated carbocycles. The average molecular weight is 790 g/mol. The average Bonchev–Trinajstić information content (AvgIpc) is 4.02. The van der Waals surface area contributed by atoms with E-state index in [0.717, 1.165) is 71.1 Å². The topological polar surface area (TPSA) is 62.4 Å². The van der Waals surface area contributed by atoms with E-state index < -0.39 is 0 Å². The molecule has 3 aromatic heterocycles. The molecule has 0 aliphatic heterocycles. The van der Waals surface area contributed by atoms with Gasteiger partial charge in [0.1, 0.15) is 12.1 Å². The first-order valence-corrected chi connectivity index (χ1v) is 21.1. The molecule has 288 valence electrons. The number of nitriles is 2. The predicted octanol–water partition coefficient (Wildman–Crippen LogP) is 14.2. The molecule has 1 aliphatic carbocycles. The van der Waals surface area contributed by atoms with Gasteiger partial charge in [-0.15, -0.1) is 0 Å². The van der Waals surface area contributed by atoms with Gasteiger partial charge in [0.2, 0.25) is 0 Å². The number of para-hydroxylation sites is 3. The van der Waals surface area contributed by atoms with E-state index in [2.05, 4.69) is 197 Å². The second-order valence-electron chi connectivity index (χ2n) is 17.1. The smallest absolute Gasteiger partial charge is 0.101 e. The van der Waals surface area contributed by atoms with Crippen LogP contribution in [-0.2, 0) is 5.41 Å². The molecule has 3 heterocycles. The van der Waals surface area contributed by atoms with Crippen LogP contribution >= 0.6 is 0 Å². The van der Waals surface area contributed by atoms with Gasteiger partial charge in [-0.25, -0.2) is 0 Å². The summed E-state index contributed by atoms with van der Waals surface area (Å²) in [6, 6.07) is 67.4. The van der Waals surface area contributed by atoms with Crippen LogP contribution in [-0.4, -0.2) is 13.7 Å². The van der Waals surface area contributed by atoms with Gasteiger partial charge in [0.15, 0.2) is 0 Å². The normalized spacial score (nSPS) is 13.1. The molecule has 1 aliphatic rings. The fourth-order valence-electron chi connectivity index (χ4n) is 11.0. The zero-order valence-electron chi connectivity index (χ0n) is 34.0. The third kappa shape index (κ3) is 4.39. The molecule has 0 amide bonds. The van der Waals surface area contributed by atoms with E-state index in [-0.39, 0.29) is 5.41 Å². The van der Waals surface area contributed by atoms with E-state index >= 15 is 0 Å². The molecule has 62 heavy (non-hydrogen) atoms. The van der Waals surface area contributed by atoms with Crippen LogP contribution in [0.3, 0.4) is 0 Å². The molecule has 12 aromatic rings. The quantitative estimate of drug-likeness (QED) is 0.179. The molecular weight excluding hydrogens is 755 g/mol. The van der Waals surface area contributed by atoms with Crippen molar-refractivity contribution in [2.24, 2.45) is 0 Å². The summed E-state index contributed by atoms with van der Waals surface area (Å²) < 4.78 is 6.79. The number of hydrogen-bond acceptors (Lipinski definition) is 2. The van der Waals surface area contributed by atoms with Crippen molar-refractivity contribution in [2.75, 3.05) is 0 Å². The van der Waals surface area contributed by atoms with Crippen molar-refractivity contribution in [3.8, 4) is 40.3 Å². The predicted molar refractivity (Wildman–Crippen MR) is 254 cm³/mol. The van der Waals surface area contributed by atoms with Crippen molar-refractivity contribution < 1.29 is 0 Å². The van der Waals surface area contributed by atoms with Gasteiger partial charge in [-0.1, -0.05) is 135 Å². The van der Waals surface area contributed by atoms with Crippen LogP contribution in [0.4, 0.5) is 0 Å². The molecule has 0 N–H and O–H groups in total. The van der Waals surface area contributed by atoms with Gasteiger partial charge in [0.25, 0.3) is 0 Å². The minimum Gasteiger partial charge on any atom is -0.309 e. The van der Waals surface area contributed by atoms with Gasteiger partial charge in [-0.05, 0) is 82.1 Å². The molecule has 9 aromatic carbocycles. The van der Waals surface area contributed by atoms with Crippen molar-refractivity contribution in [2.45, 2.75) is 19.3 Å². The van der Waals surface area contributed by atoms with Crippen LogP contribution in [0.5, 0.6) is 0 Å². The Morgan fingerprint density at radius 1 is 0.419 bits per heavy atom. The van der Waals surface area contributed by atoms with Crippen molar-refractivity contribution in [1.82, 2.24) is 13.7 Å². The number of hydrogen-bond donors (Lipinski definition) is 0. The Balaban J connectivity index is 1.14. The second kappa shape index (κ2) is 12.3. The monoisotopic (exact) mass is 789 g/mol. The number of aromatic nitrogens is 3. The summed E-state index contributed by atoms with van der Waals surface area (Å²) in [6.45, 7) is 4.60. The highest BCUT2D eigenvalue weighted by molar-refractivity contribution is 6.22. The standard InChI is InChI=1S/C57H35N5/c1-57(2)45-19-9-5-17-42(45)55-46(57)26-25-41-44-31-37(60-47-20-10-6-15-39(47)40-16-7-11-21-48(40)60)24-28-50(44)62(56(41)55)53-30-35(32-58)52(29-36(53)33-59)61-49-22-12-8-18-43(49)54-38-14-4-3-13-34(38)23-27-51(54)61/h3-31H,1-2H3. The summed E-state index contributed by atoms with van der Waals surface area (Å²) >= 11 is 0. The molecule has 0 unspecified atom stereocenters. The highest BCUT2D eigenvalue weighted by Crippen LogP contribution is 2.53. The van der Waals surface area contributed by atoms with Crippen molar-refractivity contribution >= 4 is 76.2 Å². The molecule has 13 rings (SSSR count). The molecule has 0 fully saturated rings. The fraction of sp³-hybridized carbons (Fsp3) is 0.0526. The Hall–Kier alpha value is -8.38. The van der Waals surface area contributed by atoms with Crippen molar-refractivity contribution in [3.05, 3.63) is 198 Å². The Kier molecular flexibility index (Phi) is 6.86.